The summed E-state index contributed by atoms with van der Waals surface area (Å²) in [5.74, 6) is -0.179. The van der Waals surface area contributed by atoms with Crippen LogP contribution in [-0.2, 0) is 14.3 Å². The van der Waals surface area contributed by atoms with Crippen molar-refractivity contribution in [3.05, 3.63) is 70.3 Å². The number of nitrogens with zero attached hydrogens (tertiary/aromatic N) is 3. The first-order chi connectivity index (χ1) is 19.4. The normalized spacial score (nSPS) is 22.2. The number of thiazole rings is 1. The van der Waals surface area contributed by atoms with E-state index in [1.165, 1.54) is 18.4 Å². The summed E-state index contributed by atoms with van der Waals surface area (Å²) in [5.41, 5.74) is 1.53. The molecule has 3 aliphatic rings. The highest BCUT2D eigenvalue weighted by atomic mass is 32.1. The quantitative estimate of drug-likeness (QED) is 0.210. The van der Waals surface area contributed by atoms with Crippen molar-refractivity contribution < 1.29 is 33.1 Å². The number of hydrogen-bond acceptors (Lipinski definition) is 10. The van der Waals surface area contributed by atoms with E-state index < -0.39 is 18.0 Å². The van der Waals surface area contributed by atoms with Crippen LogP contribution in [0.25, 0.3) is 0 Å². The second-order valence-electron chi connectivity index (χ2n) is 10.2. The van der Waals surface area contributed by atoms with Gasteiger partial charge in [0.05, 0.1) is 32.4 Å². The van der Waals surface area contributed by atoms with Crippen LogP contribution in [0.4, 0.5) is 5.69 Å². The van der Waals surface area contributed by atoms with Crippen LogP contribution in [0.15, 0.2) is 54.2 Å². The predicted octanol–water partition coefficient (Wildman–Crippen LogP) is 3.91. The zero-order valence-corrected chi connectivity index (χ0v) is 23.4. The van der Waals surface area contributed by atoms with Crippen LogP contribution in [-0.4, -0.2) is 78.2 Å². The molecule has 1 unspecified atom stereocenters. The zero-order valence-electron chi connectivity index (χ0n) is 22.6. The summed E-state index contributed by atoms with van der Waals surface area (Å²) in [6.07, 6.45) is 4.71. The first kappa shape index (κ1) is 27.7. The van der Waals surface area contributed by atoms with E-state index >= 15 is 0 Å². The maximum absolute atomic E-state index is 13.8. The number of piperidine rings is 3. The number of methoxy groups -OCH3 is 1. The molecule has 0 saturated carbocycles. The van der Waals surface area contributed by atoms with Gasteiger partial charge in [-0.15, -0.1) is 11.3 Å². The van der Waals surface area contributed by atoms with Gasteiger partial charge in [0, 0.05) is 53.9 Å². The number of anilines is 1. The lowest BCUT2D eigenvalue weighted by Crippen LogP contribution is -2.65. The SMILES string of the molecule is CCOC(=O)c1cccc(NC(C(=O)O[C@H]2C[N+]3(CC(=O)c4nccs4)CCC2CC3)c2ccc(OC)nc2)c1. The minimum absolute atomic E-state index is 0.0331. The maximum atomic E-state index is 13.8. The second kappa shape index (κ2) is 12.1. The summed E-state index contributed by atoms with van der Waals surface area (Å²) < 4.78 is 17.1. The molecule has 3 saturated heterocycles. The summed E-state index contributed by atoms with van der Waals surface area (Å²) >= 11 is 1.36. The van der Waals surface area contributed by atoms with Gasteiger partial charge < -0.3 is 24.0 Å². The maximum Gasteiger partial charge on any atom is 0.338 e. The largest absolute Gasteiger partial charge is 0.481 e. The number of esters is 2. The standard InChI is InChI=1S/C29H33N4O6S/c1-3-38-28(35)20-5-4-6-22(15-20)32-26(21-7-8-25(37-2)31-16-21)29(36)39-24-18-33(12-9-19(24)10-13-33)17-23(34)27-30-11-14-40-27/h4-8,11,14-16,19,24,26,32H,3,9-10,12-13,17-18H2,1-2H3/q+1/t19?,24-,26?,33?/m0/s1. The molecule has 3 aliphatic heterocycles. The molecule has 0 amide bonds. The molecular weight excluding hydrogens is 532 g/mol. The van der Waals surface area contributed by atoms with Crippen molar-refractivity contribution >= 4 is 34.7 Å². The van der Waals surface area contributed by atoms with Crippen LogP contribution in [0.5, 0.6) is 5.88 Å². The van der Waals surface area contributed by atoms with Gasteiger partial charge in [-0.05, 0) is 31.2 Å². The number of nitrogens with one attached hydrogen (secondary N) is 1. The fraction of sp³-hybridized carbons (Fsp3) is 0.414. The van der Waals surface area contributed by atoms with Crippen LogP contribution in [0, 0.1) is 5.92 Å². The number of ketones is 1. The lowest BCUT2D eigenvalue weighted by molar-refractivity contribution is -0.938. The Morgan fingerprint density at radius 1 is 1.15 bits per heavy atom. The highest BCUT2D eigenvalue weighted by molar-refractivity contribution is 7.11. The van der Waals surface area contributed by atoms with Crippen molar-refractivity contribution in [3.8, 4) is 5.88 Å². The first-order valence-corrected chi connectivity index (χ1v) is 14.3. The molecule has 11 heteroatoms. The van der Waals surface area contributed by atoms with Crippen molar-refractivity contribution in [1.82, 2.24) is 9.97 Å². The third-order valence-corrected chi connectivity index (χ3v) is 8.50. The number of pyridine rings is 1. The Bertz CT molecular complexity index is 1340. The Labute approximate surface area is 236 Å². The lowest BCUT2D eigenvalue weighted by atomic mass is 9.83. The molecule has 5 heterocycles. The Morgan fingerprint density at radius 3 is 2.65 bits per heavy atom. The van der Waals surface area contributed by atoms with Gasteiger partial charge in [0.1, 0.15) is 13.1 Å². The molecule has 210 valence electrons. The molecule has 1 aromatic carbocycles. The number of fused-ring (bicyclic) bond motifs is 3. The molecule has 0 spiro atoms. The number of carbonyl (C=O) groups is 3. The van der Waals surface area contributed by atoms with E-state index in [0.29, 0.717) is 45.3 Å². The van der Waals surface area contributed by atoms with Gasteiger partial charge in [-0.1, -0.05) is 6.07 Å². The number of aromatic nitrogens is 2. The number of carbonyl (C=O) groups excluding carboxylic acids is 3. The second-order valence-corrected chi connectivity index (χ2v) is 11.1. The summed E-state index contributed by atoms with van der Waals surface area (Å²) in [7, 11) is 1.53. The van der Waals surface area contributed by atoms with Crippen molar-refractivity contribution in [2.24, 2.45) is 5.92 Å². The van der Waals surface area contributed by atoms with Crippen LogP contribution < -0.4 is 10.1 Å². The number of Topliss-reactive ketones (excluding diaryl/α,β-unsaturated/α-hetero) is 1. The number of ether oxygens (including phenoxy) is 3. The van der Waals surface area contributed by atoms with Gasteiger partial charge in [-0.25, -0.2) is 19.6 Å². The van der Waals surface area contributed by atoms with Gasteiger partial charge in [0.15, 0.2) is 17.2 Å². The number of hydrogen-bond donors (Lipinski definition) is 1. The molecule has 3 fully saturated rings. The zero-order chi connectivity index (χ0) is 28.1. The average Bonchev–Trinajstić information content (AvgIpc) is 3.52. The highest BCUT2D eigenvalue weighted by Crippen LogP contribution is 2.37. The minimum Gasteiger partial charge on any atom is -0.481 e. The Morgan fingerprint density at radius 2 is 1.98 bits per heavy atom. The monoisotopic (exact) mass is 565 g/mol. The molecule has 1 N–H and O–H groups in total. The molecule has 2 bridgehead atoms. The number of benzene rings is 1. The Kier molecular flexibility index (Phi) is 8.41. The summed E-state index contributed by atoms with van der Waals surface area (Å²) in [5, 5.41) is 5.57. The van der Waals surface area contributed by atoms with Crippen molar-refractivity contribution in [1.29, 1.82) is 0 Å². The third-order valence-electron chi connectivity index (χ3n) is 7.68. The van der Waals surface area contributed by atoms with Gasteiger partial charge in [-0.2, -0.15) is 0 Å². The summed E-state index contributed by atoms with van der Waals surface area (Å²) in [4.78, 5) is 47.4. The van der Waals surface area contributed by atoms with E-state index in [-0.39, 0.29) is 24.4 Å². The summed E-state index contributed by atoms with van der Waals surface area (Å²) in [6, 6.07) is 9.38. The van der Waals surface area contributed by atoms with E-state index in [4.69, 9.17) is 14.2 Å². The average molecular weight is 566 g/mol. The smallest absolute Gasteiger partial charge is 0.338 e. The van der Waals surface area contributed by atoms with Crippen molar-refractivity contribution in [2.45, 2.75) is 31.9 Å². The Hall–Kier alpha value is -3.83. The molecule has 6 rings (SSSR count). The van der Waals surface area contributed by atoms with Crippen molar-refractivity contribution in [3.63, 3.8) is 0 Å². The van der Waals surface area contributed by atoms with Crippen LogP contribution in [0.2, 0.25) is 0 Å². The first-order valence-electron chi connectivity index (χ1n) is 13.4. The third kappa shape index (κ3) is 6.15. The van der Waals surface area contributed by atoms with E-state index in [1.807, 2.05) is 5.38 Å². The summed E-state index contributed by atoms with van der Waals surface area (Å²) in [6.45, 7) is 4.75. The fourth-order valence-electron chi connectivity index (χ4n) is 5.61. The molecule has 10 nitrogen and oxygen atoms in total. The lowest BCUT2D eigenvalue weighted by Gasteiger charge is -2.51. The van der Waals surface area contributed by atoms with Gasteiger partial charge >= 0.3 is 11.9 Å². The van der Waals surface area contributed by atoms with Gasteiger partial charge in [0.25, 0.3) is 0 Å². The van der Waals surface area contributed by atoms with Gasteiger partial charge in [-0.3, -0.25) is 4.79 Å². The van der Waals surface area contributed by atoms with E-state index in [1.54, 1.807) is 55.7 Å². The van der Waals surface area contributed by atoms with Gasteiger partial charge in [0.2, 0.25) is 11.7 Å². The van der Waals surface area contributed by atoms with E-state index in [2.05, 4.69) is 15.3 Å². The molecule has 40 heavy (non-hydrogen) atoms. The number of quaternary nitrogens is 1. The Balaban J connectivity index is 1.35. The fourth-order valence-corrected chi connectivity index (χ4v) is 6.17. The molecule has 3 aromatic rings. The van der Waals surface area contributed by atoms with E-state index in [0.717, 1.165) is 25.9 Å². The van der Waals surface area contributed by atoms with Crippen LogP contribution in [0.1, 0.15) is 51.5 Å². The number of rotatable bonds is 11. The molecule has 2 aromatic heterocycles. The van der Waals surface area contributed by atoms with Crippen molar-refractivity contribution in [2.75, 3.05) is 45.2 Å². The molecule has 2 atom stereocenters. The van der Waals surface area contributed by atoms with Crippen LogP contribution in [0.3, 0.4) is 0 Å². The highest BCUT2D eigenvalue weighted by Gasteiger charge is 2.49. The van der Waals surface area contributed by atoms with Crippen LogP contribution >= 0.6 is 11.3 Å². The molecular formula is C29H33N4O6S+. The predicted molar refractivity (Wildman–Crippen MR) is 148 cm³/mol. The molecule has 0 aliphatic carbocycles. The topological polar surface area (TPSA) is 117 Å². The minimum atomic E-state index is -0.878. The molecule has 0 radical (unpaired) electrons. The van der Waals surface area contributed by atoms with E-state index in [9.17, 15) is 14.4 Å².